The Labute approximate surface area is 199 Å². The fourth-order valence-corrected chi connectivity index (χ4v) is 4.92. The zero-order chi connectivity index (χ0) is 23.5. The molecule has 34 heavy (non-hydrogen) atoms. The monoisotopic (exact) mass is 449 g/mol. The highest BCUT2D eigenvalue weighted by atomic mass is 16.5. The summed E-state index contributed by atoms with van der Waals surface area (Å²) in [5.41, 5.74) is 4.10. The van der Waals surface area contributed by atoms with E-state index in [1.54, 1.807) is 11.6 Å². The summed E-state index contributed by atoms with van der Waals surface area (Å²) in [6.45, 7) is 2.18. The molecule has 1 fully saturated rings. The van der Waals surface area contributed by atoms with Gasteiger partial charge in [0.1, 0.15) is 24.0 Å². The molecule has 5 rings (SSSR count). The third-order valence-electron chi connectivity index (χ3n) is 6.80. The lowest BCUT2D eigenvalue weighted by atomic mass is 9.89. The molecule has 0 saturated carbocycles. The van der Waals surface area contributed by atoms with Gasteiger partial charge in [-0.1, -0.05) is 60.7 Å². The van der Waals surface area contributed by atoms with Gasteiger partial charge in [0.15, 0.2) is 0 Å². The smallest absolute Gasteiger partial charge is 0.270 e. The number of piperidine rings is 1. The first-order chi connectivity index (χ1) is 16.7. The lowest BCUT2D eigenvalue weighted by molar-refractivity contribution is 0.306. The van der Waals surface area contributed by atoms with Crippen molar-refractivity contribution in [1.82, 2.24) is 4.57 Å². The topological polar surface area (TPSA) is 58.3 Å². The van der Waals surface area contributed by atoms with Crippen molar-refractivity contribution in [1.29, 1.82) is 5.26 Å². The number of aryl methyl sites for hydroxylation is 1. The Morgan fingerprint density at radius 1 is 0.941 bits per heavy atom. The molecule has 0 radical (unpaired) electrons. The van der Waals surface area contributed by atoms with Crippen molar-refractivity contribution < 1.29 is 4.74 Å². The Morgan fingerprint density at radius 3 is 2.32 bits per heavy atom. The minimum absolute atomic E-state index is 0.232. The molecule has 1 aliphatic heterocycles. The van der Waals surface area contributed by atoms with Crippen molar-refractivity contribution in [3.63, 3.8) is 0 Å². The Morgan fingerprint density at radius 2 is 1.62 bits per heavy atom. The van der Waals surface area contributed by atoms with Gasteiger partial charge < -0.3 is 14.2 Å². The fourth-order valence-electron chi connectivity index (χ4n) is 4.92. The quantitative estimate of drug-likeness (QED) is 0.411. The van der Waals surface area contributed by atoms with E-state index in [2.05, 4.69) is 35.2 Å². The van der Waals surface area contributed by atoms with Crippen LogP contribution in [0, 0.1) is 11.3 Å². The van der Waals surface area contributed by atoms with Gasteiger partial charge >= 0.3 is 0 Å². The van der Waals surface area contributed by atoms with Gasteiger partial charge in [-0.25, -0.2) is 0 Å². The van der Waals surface area contributed by atoms with Crippen molar-refractivity contribution in [3.05, 3.63) is 106 Å². The molecule has 2 heterocycles. The summed E-state index contributed by atoms with van der Waals surface area (Å²) in [7, 11) is 1.73. The van der Waals surface area contributed by atoms with Crippen molar-refractivity contribution in [2.75, 3.05) is 18.0 Å². The van der Waals surface area contributed by atoms with Crippen LogP contribution in [0.5, 0.6) is 5.75 Å². The molecule has 0 amide bonds. The number of rotatable bonds is 5. The minimum Gasteiger partial charge on any atom is -0.489 e. The molecule has 5 heteroatoms. The second-order valence-electron chi connectivity index (χ2n) is 8.82. The van der Waals surface area contributed by atoms with Gasteiger partial charge in [0.2, 0.25) is 0 Å². The lowest BCUT2D eigenvalue weighted by Gasteiger charge is -2.35. The molecular weight excluding hydrogens is 422 g/mol. The van der Waals surface area contributed by atoms with Gasteiger partial charge in [-0.3, -0.25) is 4.79 Å². The summed E-state index contributed by atoms with van der Waals surface area (Å²) in [6.07, 6.45) is 1.94. The molecule has 1 aromatic heterocycles. The predicted octanol–water partition coefficient (Wildman–Crippen LogP) is 5.37. The van der Waals surface area contributed by atoms with Crippen molar-refractivity contribution in [2.45, 2.75) is 25.4 Å². The van der Waals surface area contributed by atoms with Crippen LogP contribution in [0.3, 0.4) is 0 Å². The zero-order valence-corrected chi connectivity index (χ0v) is 19.3. The zero-order valence-electron chi connectivity index (χ0n) is 19.3. The molecule has 0 aliphatic carbocycles. The number of benzene rings is 3. The fraction of sp³-hybridized carbons (Fsp3) is 0.241. The number of ether oxygens (including phenoxy) is 1. The van der Waals surface area contributed by atoms with Crippen LogP contribution in [0.1, 0.15) is 35.4 Å². The highest BCUT2D eigenvalue weighted by Gasteiger charge is 2.26. The molecule has 0 unspecified atom stereocenters. The lowest BCUT2D eigenvalue weighted by Crippen LogP contribution is -2.35. The van der Waals surface area contributed by atoms with Gasteiger partial charge in [-0.2, -0.15) is 5.26 Å². The van der Waals surface area contributed by atoms with Crippen molar-refractivity contribution in [3.8, 4) is 11.8 Å². The van der Waals surface area contributed by atoms with Crippen LogP contribution in [-0.4, -0.2) is 17.7 Å². The number of anilines is 1. The molecule has 0 N–H and O–H groups in total. The minimum atomic E-state index is -0.232. The largest absolute Gasteiger partial charge is 0.489 e. The average molecular weight is 450 g/mol. The molecule has 3 aromatic carbocycles. The maximum Gasteiger partial charge on any atom is 0.270 e. The van der Waals surface area contributed by atoms with E-state index in [1.807, 2.05) is 54.6 Å². The molecule has 0 spiro atoms. The van der Waals surface area contributed by atoms with Crippen molar-refractivity contribution in [2.24, 2.45) is 7.05 Å². The van der Waals surface area contributed by atoms with Gasteiger partial charge in [-0.15, -0.1) is 0 Å². The Kier molecular flexibility index (Phi) is 6.05. The van der Waals surface area contributed by atoms with E-state index in [4.69, 9.17) is 4.74 Å². The number of fused-ring (bicyclic) bond motifs is 1. The summed E-state index contributed by atoms with van der Waals surface area (Å²) in [6, 6.07) is 28.6. The number of para-hydroxylation sites is 1. The van der Waals surface area contributed by atoms with Crippen LogP contribution in [0.15, 0.2) is 83.7 Å². The Hall–Kier alpha value is -4.04. The highest BCUT2D eigenvalue weighted by Crippen LogP contribution is 2.35. The first kappa shape index (κ1) is 21.8. The van der Waals surface area contributed by atoms with Crippen LogP contribution in [0.4, 0.5) is 5.69 Å². The number of hydrogen-bond donors (Lipinski definition) is 0. The summed E-state index contributed by atoms with van der Waals surface area (Å²) in [4.78, 5) is 15.1. The number of pyridine rings is 1. The number of hydrogen-bond acceptors (Lipinski definition) is 4. The van der Waals surface area contributed by atoms with E-state index in [1.165, 1.54) is 5.56 Å². The molecule has 5 nitrogen and oxygen atoms in total. The maximum absolute atomic E-state index is 12.8. The Bertz CT molecular complexity index is 1390. The standard InChI is InChI=1S/C29H27N3O2/c1-31-27-10-6-5-9-25(27)28(26(19-30)29(31)33)32-17-15-23(16-18-32)22-11-13-24(14-12-22)34-20-21-7-3-2-4-8-21/h2-14,23H,15-18,20H2,1H3. The van der Waals surface area contributed by atoms with Crippen LogP contribution < -0.4 is 15.2 Å². The SMILES string of the molecule is Cn1c(=O)c(C#N)c(N2CCC(c3ccc(OCc4ccccc4)cc3)CC2)c2ccccc21. The number of nitriles is 1. The van der Waals surface area contributed by atoms with E-state index in [-0.39, 0.29) is 11.1 Å². The number of aromatic nitrogens is 1. The molecule has 1 aliphatic rings. The molecule has 4 aromatic rings. The van der Waals surface area contributed by atoms with E-state index >= 15 is 0 Å². The second kappa shape index (κ2) is 9.44. The molecule has 0 atom stereocenters. The average Bonchev–Trinajstić information content (AvgIpc) is 2.90. The second-order valence-corrected chi connectivity index (χ2v) is 8.82. The Balaban J connectivity index is 1.30. The normalized spacial score (nSPS) is 14.2. The van der Waals surface area contributed by atoms with E-state index in [0.717, 1.165) is 53.8 Å². The van der Waals surface area contributed by atoms with Gasteiger partial charge in [-0.05, 0) is 48.1 Å². The van der Waals surface area contributed by atoms with Crippen LogP contribution in [-0.2, 0) is 13.7 Å². The summed E-state index contributed by atoms with van der Waals surface area (Å²) in [5.74, 6) is 1.32. The summed E-state index contributed by atoms with van der Waals surface area (Å²) in [5, 5.41) is 10.7. The molecule has 0 bridgehead atoms. The first-order valence-electron chi connectivity index (χ1n) is 11.7. The maximum atomic E-state index is 12.8. The molecular formula is C29H27N3O2. The van der Waals surface area contributed by atoms with Crippen molar-refractivity contribution >= 4 is 16.6 Å². The van der Waals surface area contributed by atoms with Gasteiger partial charge in [0.05, 0.1) is 11.2 Å². The van der Waals surface area contributed by atoms with Crippen LogP contribution in [0.2, 0.25) is 0 Å². The first-order valence-corrected chi connectivity index (χ1v) is 11.7. The predicted molar refractivity (Wildman–Crippen MR) is 135 cm³/mol. The van der Waals surface area contributed by atoms with Gasteiger partial charge in [0.25, 0.3) is 5.56 Å². The van der Waals surface area contributed by atoms with Crippen LogP contribution >= 0.6 is 0 Å². The highest BCUT2D eigenvalue weighted by molar-refractivity contribution is 5.94. The number of nitrogens with zero attached hydrogens (tertiary/aromatic N) is 3. The third kappa shape index (κ3) is 4.15. The summed E-state index contributed by atoms with van der Waals surface area (Å²) >= 11 is 0. The van der Waals surface area contributed by atoms with Gasteiger partial charge in [0, 0.05) is 25.5 Å². The third-order valence-corrected chi connectivity index (χ3v) is 6.80. The molecule has 1 saturated heterocycles. The van der Waals surface area contributed by atoms with Crippen LogP contribution in [0.25, 0.3) is 10.9 Å². The molecule has 170 valence electrons. The van der Waals surface area contributed by atoms with E-state index in [0.29, 0.717) is 12.5 Å². The van der Waals surface area contributed by atoms with E-state index < -0.39 is 0 Å². The summed E-state index contributed by atoms with van der Waals surface area (Å²) < 4.78 is 7.50. The van der Waals surface area contributed by atoms with E-state index in [9.17, 15) is 10.1 Å².